The van der Waals surface area contributed by atoms with E-state index in [9.17, 15) is 10.1 Å². The van der Waals surface area contributed by atoms with Gasteiger partial charge in [-0.3, -0.25) is 15.1 Å². The van der Waals surface area contributed by atoms with E-state index in [0.717, 1.165) is 0 Å². The summed E-state index contributed by atoms with van der Waals surface area (Å²) in [6, 6.07) is 5.85. The summed E-state index contributed by atoms with van der Waals surface area (Å²) in [5.74, 6) is 0.576. The number of rotatable bonds is 3. The largest absolute Gasteiger partial charge is 0.334 e. The van der Waals surface area contributed by atoms with Crippen molar-refractivity contribution in [1.29, 1.82) is 0 Å². The van der Waals surface area contributed by atoms with Crippen LogP contribution in [0.4, 0.5) is 5.69 Å². The molecule has 0 saturated heterocycles. The van der Waals surface area contributed by atoms with Gasteiger partial charge in [0, 0.05) is 30.1 Å². The zero-order valence-electron chi connectivity index (χ0n) is 10.0. The third-order valence-electron chi connectivity index (χ3n) is 2.54. The predicted molar refractivity (Wildman–Crippen MR) is 67.4 cm³/mol. The Morgan fingerprint density at radius 3 is 2.60 bits per heavy atom. The van der Waals surface area contributed by atoms with Gasteiger partial charge in [0.25, 0.3) is 11.6 Å². The van der Waals surface area contributed by atoms with Crippen LogP contribution in [0.5, 0.6) is 0 Å². The van der Waals surface area contributed by atoms with Crippen molar-refractivity contribution in [2.75, 3.05) is 0 Å². The molecule has 1 aromatic carbocycles. The summed E-state index contributed by atoms with van der Waals surface area (Å²) in [5, 5.41) is 14.4. The second-order valence-electron chi connectivity index (χ2n) is 3.82. The molecular formula is C12H7N5O3. The van der Waals surface area contributed by atoms with Crippen LogP contribution in [0.2, 0.25) is 0 Å². The van der Waals surface area contributed by atoms with Gasteiger partial charge >= 0.3 is 0 Å². The molecule has 98 valence electrons. The van der Waals surface area contributed by atoms with Crippen molar-refractivity contribution in [3.05, 3.63) is 53.0 Å². The Hall–Kier alpha value is -3.16. The highest BCUT2D eigenvalue weighted by Gasteiger charge is 2.13. The molecular weight excluding hydrogens is 262 g/mol. The summed E-state index contributed by atoms with van der Waals surface area (Å²) in [4.78, 5) is 22.3. The van der Waals surface area contributed by atoms with E-state index < -0.39 is 4.92 Å². The molecule has 0 bridgehead atoms. The maximum Gasteiger partial charge on any atom is 0.269 e. The van der Waals surface area contributed by atoms with Crippen LogP contribution in [-0.4, -0.2) is 25.0 Å². The Kier molecular flexibility index (Phi) is 2.88. The Morgan fingerprint density at radius 1 is 1.15 bits per heavy atom. The highest BCUT2D eigenvalue weighted by atomic mass is 16.6. The number of nitro groups is 1. The van der Waals surface area contributed by atoms with E-state index in [-0.39, 0.29) is 11.6 Å². The number of aromatic nitrogens is 4. The minimum atomic E-state index is -0.470. The zero-order valence-corrected chi connectivity index (χ0v) is 10.0. The molecule has 8 heteroatoms. The topological polar surface area (TPSA) is 108 Å². The van der Waals surface area contributed by atoms with E-state index >= 15 is 0 Å². The van der Waals surface area contributed by atoms with E-state index in [0.29, 0.717) is 17.1 Å². The molecule has 0 aliphatic heterocycles. The summed E-state index contributed by atoms with van der Waals surface area (Å²) < 4.78 is 5.11. The average Bonchev–Trinajstić information content (AvgIpc) is 2.98. The van der Waals surface area contributed by atoms with Gasteiger partial charge in [0.15, 0.2) is 0 Å². The van der Waals surface area contributed by atoms with Gasteiger partial charge in [-0.15, -0.1) is 0 Å². The minimum absolute atomic E-state index is 0.00224. The van der Waals surface area contributed by atoms with Crippen molar-refractivity contribution in [2.24, 2.45) is 0 Å². The van der Waals surface area contributed by atoms with Crippen LogP contribution in [0.25, 0.3) is 23.0 Å². The van der Waals surface area contributed by atoms with Crippen molar-refractivity contribution in [1.82, 2.24) is 20.1 Å². The van der Waals surface area contributed by atoms with Gasteiger partial charge < -0.3 is 4.52 Å². The molecule has 0 N–H and O–H groups in total. The molecule has 2 aromatic heterocycles. The van der Waals surface area contributed by atoms with Gasteiger partial charge in [0.1, 0.15) is 5.69 Å². The fraction of sp³-hybridized carbons (Fsp3) is 0. The molecule has 0 spiro atoms. The summed E-state index contributed by atoms with van der Waals surface area (Å²) in [5.41, 5.74) is 1.09. The molecule has 0 aliphatic rings. The first-order valence-corrected chi connectivity index (χ1v) is 5.59. The molecule has 3 rings (SSSR count). The Morgan fingerprint density at radius 2 is 1.95 bits per heavy atom. The molecule has 0 saturated carbocycles. The van der Waals surface area contributed by atoms with Crippen LogP contribution < -0.4 is 0 Å². The third kappa shape index (κ3) is 2.21. The van der Waals surface area contributed by atoms with Crippen LogP contribution in [0.1, 0.15) is 0 Å². The van der Waals surface area contributed by atoms with E-state index in [1.54, 1.807) is 18.3 Å². The minimum Gasteiger partial charge on any atom is -0.334 e. The summed E-state index contributed by atoms with van der Waals surface area (Å²) >= 11 is 0. The van der Waals surface area contributed by atoms with Crippen LogP contribution in [0, 0.1) is 10.1 Å². The van der Waals surface area contributed by atoms with Crippen molar-refractivity contribution in [3.63, 3.8) is 0 Å². The molecule has 0 fully saturated rings. The molecule has 20 heavy (non-hydrogen) atoms. The van der Waals surface area contributed by atoms with Crippen LogP contribution in [0.3, 0.4) is 0 Å². The number of non-ortho nitro benzene ring substituents is 1. The van der Waals surface area contributed by atoms with Crippen molar-refractivity contribution in [3.8, 4) is 23.0 Å². The number of nitrogens with zero attached hydrogens (tertiary/aromatic N) is 5. The molecule has 3 aromatic rings. The second-order valence-corrected chi connectivity index (χ2v) is 3.82. The standard InChI is InChI=1S/C12H7N5O3/c18-17(19)9-3-1-8(2-4-9)12-15-11(16-20-12)10-7-13-5-6-14-10/h1-7H. The lowest BCUT2D eigenvalue weighted by molar-refractivity contribution is -0.384. The van der Waals surface area contributed by atoms with Crippen LogP contribution in [0.15, 0.2) is 47.4 Å². The average molecular weight is 269 g/mol. The van der Waals surface area contributed by atoms with Crippen LogP contribution in [-0.2, 0) is 0 Å². The van der Waals surface area contributed by atoms with E-state index in [2.05, 4.69) is 20.1 Å². The zero-order chi connectivity index (χ0) is 13.9. The highest BCUT2D eigenvalue weighted by Crippen LogP contribution is 2.22. The monoisotopic (exact) mass is 269 g/mol. The molecule has 0 atom stereocenters. The molecule has 2 heterocycles. The first-order chi connectivity index (χ1) is 9.74. The predicted octanol–water partition coefficient (Wildman–Crippen LogP) is 2.10. The number of benzene rings is 1. The maximum atomic E-state index is 10.6. The Bertz CT molecular complexity index is 739. The molecule has 0 radical (unpaired) electrons. The van der Waals surface area contributed by atoms with Crippen molar-refractivity contribution >= 4 is 5.69 Å². The summed E-state index contributed by atoms with van der Waals surface area (Å²) in [6.45, 7) is 0. The molecule has 0 unspecified atom stereocenters. The SMILES string of the molecule is O=[N+]([O-])c1ccc(-c2nc(-c3cnccn3)no2)cc1. The van der Waals surface area contributed by atoms with Gasteiger partial charge in [0.2, 0.25) is 5.82 Å². The van der Waals surface area contributed by atoms with E-state index in [4.69, 9.17) is 4.52 Å². The number of hydrogen-bond donors (Lipinski definition) is 0. The van der Waals surface area contributed by atoms with Crippen molar-refractivity contribution < 1.29 is 9.45 Å². The highest BCUT2D eigenvalue weighted by molar-refractivity contribution is 5.58. The lowest BCUT2D eigenvalue weighted by Gasteiger charge is -1.93. The quantitative estimate of drug-likeness (QED) is 0.529. The first kappa shape index (κ1) is 11.9. The van der Waals surface area contributed by atoms with Crippen LogP contribution >= 0.6 is 0 Å². The molecule has 8 nitrogen and oxygen atoms in total. The fourth-order valence-electron chi connectivity index (χ4n) is 1.59. The van der Waals surface area contributed by atoms with Crippen molar-refractivity contribution in [2.45, 2.75) is 0 Å². The van der Waals surface area contributed by atoms with Gasteiger partial charge in [-0.05, 0) is 12.1 Å². The third-order valence-corrected chi connectivity index (χ3v) is 2.54. The van der Waals surface area contributed by atoms with Gasteiger partial charge in [0.05, 0.1) is 11.1 Å². The van der Waals surface area contributed by atoms with Gasteiger partial charge in [-0.1, -0.05) is 5.16 Å². The Labute approximate surface area is 112 Å². The lowest BCUT2D eigenvalue weighted by Crippen LogP contribution is -1.88. The second kappa shape index (κ2) is 4.84. The fourth-order valence-corrected chi connectivity index (χ4v) is 1.59. The lowest BCUT2D eigenvalue weighted by atomic mass is 10.2. The molecule has 0 aliphatic carbocycles. The Balaban J connectivity index is 1.92. The molecule has 0 amide bonds. The van der Waals surface area contributed by atoms with E-state index in [1.807, 2.05) is 0 Å². The summed E-state index contributed by atoms with van der Waals surface area (Å²) in [7, 11) is 0. The maximum absolute atomic E-state index is 10.6. The smallest absolute Gasteiger partial charge is 0.269 e. The van der Waals surface area contributed by atoms with Gasteiger partial charge in [-0.2, -0.15) is 4.98 Å². The van der Waals surface area contributed by atoms with Gasteiger partial charge in [-0.25, -0.2) is 4.98 Å². The first-order valence-electron chi connectivity index (χ1n) is 5.59. The number of hydrogen-bond acceptors (Lipinski definition) is 7. The number of nitro benzene ring substituents is 1. The normalized spacial score (nSPS) is 10.4. The summed E-state index contributed by atoms with van der Waals surface area (Å²) in [6.07, 6.45) is 4.59. The van der Waals surface area contributed by atoms with E-state index in [1.165, 1.54) is 24.5 Å².